The minimum Gasteiger partial charge on any atom is -0.457 e. The van der Waals surface area contributed by atoms with Gasteiger partial charge < -0.3 is 9.47 Å². The van der Waals surface area contributed by atoms with Crippen LogP contribution < -0.4 is 4.74 Å². The van der Waals surface area contributed by atoms with Crippen molar-refractivity contribution in [3.05, 3.63) is 29.8 Å². The van der Waals surface area contributed by atoms with Crippen LogP contribution in [0, 0.1) is 0 Å². The summed E-state index contributed by atoms with van der Waals surface area (Å²) in [6, 6.07) is 7.06. The van der Waals surface area contributed by atoms with E-state index in [0.717, 1.165) is 18.4 Å². The van der Waals surface area contributed by atoms with Crippen LogP contribution in [0.3, 0.4) is 0 Å². The van der Waals surface area contributed by atoms with E-state index < -0.39 is 0 Å². The number of cyclic esters (lactones) is 1. The zero-order valence-electron chi connectivity index (χ0n) is 9.64. The van der Waals surface area contributed by atoms with Gasteiger partial charge in [0.25, 0.3) is 0 Å². The third kappa shape index (κ3) is 3.06. The quantitative estimate of drug-likeness (QED) is 0.582. The maximum Gasteiger partial charge on any atom is 0.308 e. The number of carbonyl (C=O) groups excluding carboxylic acids is 2. The molecule has 1 fully saturated rings. The van der Waals surface area contributed by atoms with Gasteiger partial charge in [0, 0.05) is 13.3 Å². The van der Waals surface area contributed by atoms with Crippen molar-refractivity contribution in [2.75, 3.05) is 0 Å². The fourth-order valence-corrected chi connectivity index (χ4v) is 1.86. The average molecular weight is 234 g/mol. The average Bonchev–Trinajstić information content (AvgIpc) is 2.29. The molecule has 1 heterocycles. The first-order valence-corrected chi connectivity index (χ1v) is 5.63. The Morgan fingerprint density at radius 2 is 2.06 bits per heavy atom. The lowest BCUT2D eigenvalue weighted by Crippen LogP contribution is -2.16. The zero-order valence-corrected chi connectivity index (χ0v) is 9.64. The van der Waals surface area contributed by atoms with Crippen LogP contribution in [0.15, 0.2) is 24.3 Å². The monoisotopic (exact) mass is 234 g/mol. The van der Waals surface area contributed by atoms with E-state index >= 15 is 0 Å². The highest BCUT2D eigenvalue weighted by atomic mass is 16.5. The first-order chi connectivity index (χ1) is 8.15. The number of hydrogen-bond donors (Lipinski definition) is 0. The van der Waals surface area contributed by atoms with Crippen LogP contribution in [0.5, 0.6) is 5.75 Å². The number of rotatable bonds is 2. The van der Waals surface area contributed by atoms with Crippen molar-refractivity contribution in [2.24, 2.45) is 0 Å². The minimum atomic E-state index is -0.346. The minimum absolute atomic E-state index is 0.148. The predicted octanol–water partition coefficient (Wildman–Crippen LogP) is 2.38. The van der Waals surface area contributed by atoms with Crippen LogP contribution in [-0.2, 0) is 14.3 Å². The van der Waals surface area contributed by atoms with E-state index in [9.17, 15) is 9.59 Å². The normalized spacial score (nSPS) is 19.6. The molecule has 0 saturated carbocycles. The first kappa shape index (κ1) is 11.6. The van der Waals surface area contributed by atoms with E-state index in [0.29, 0.717) is 12.2 Å². The van der Waals surface area contributed by atoms with Gasteiger partial charge in [-0.2, -0.15) is 0 Å². The molecule has 2 rings (SSSR count). The third-order valence-electron chi connectivity index (χ3n) is 2.63. The molecule has 0 amide bonds. The van der Waals surface area contributed by atoms with Gasteiger partial charge in [-0.05, 0) is 30.5 Å². The third-order valence-corrected chi connectivity index (χ3v) is 2.63. The van der Waals surface area contributed by atoms with Crippen molar-refractivity contribution in [1.29, 1.82) is 0 Å². The van der Waals surface area contributed by atoms with E-state index in [1.54, 1.807) is 12.1 Å². The lowest BCUT2D eigenvalue weighted by molar-refractivity contribution is -0.154. The standard InChI is InChI=1S/C13H14O4/c1-9(14)16-11-7-5-10(6-8-11)12-3-2-4-13(15)17-12/h5-8,12H,2-4H2,1H3/t12-/m1/s1. The number of carbonyl (C=O) groups is 2. The molecule has 1 aliphatic rings. The number of esters is 2. The summed E-state index contributed by atoms with van der Waals surface area (Å²) in [5.74, 6) is 0.00976. The topological polar surface area (TPSA) is 52.6 Å². The Labute approximate surface area is 99.5 Å². The molecule has 1 aliphatic heterocycles. The van der Waals surface area contributed by atoms with E-state index in [-0.39, 0.29) is 18.0 Å². The lowest BCUT2D eigenvalue weighted by atomic mass is 10.0. The molecule has 90 valence electrons. The van der Waals surface area contributed by atoms with Gasteiger partial charge in [0.2, 0.25) is 0 Å². The summed E-state index contributed by atoms with van der Waals surface area (Å²) < 4.78 is 10.2. The summed E-state index contributed by atoms with van der Waals surface area (Å²) in [6.07, 6.45) is 2.04. The smallest absolute Gasteiger partial charge is 0.308 e. The number of ether oxygens (including phenoxy) is 2. The van der Waals surface area contributed by atoms with Gasteiger partial charge in [0.1, 0.15) is 11.9 Å². The van der Waals surface area contributed by atoms with Crippen molar-refractivity contribution < 1.29 is 19.1 Å². The molecule has 0 unspecified atom stereocenters. The van der Waals surface area contributed by atoms with Crippen LogP contribution in [0.25, 0.3) is 0 Å². The number of benzene rings is 1. The molecule has 4 heteroatoms. The molecule has 1 aromatic carbocycles. The van der Waals surface area contributed by atoms with Gasteiger partial charge in [-0.25, -0.2) is 0 Å². The number of hydrogen-bond acceptors (Lipinski definition) is 4. The molecule has 0 aliphatic carbocycles. The fourth-order valence-electron chi connectivity index (χ4n) is 1.86. The molecule has 0 spiro atoms. The van der Waals surface area contributed by atoms with Crippen LogP contribution >= 0.6 is 0 Å². The maximum absolute atomic E-state index is 11.2. The van der Waals surface area contributed by atoms with Crippen molar-refractivity contribution in [3.63, 3.8) is 0 Å². The Morgan fingerprint density at radius 3 is 2.65 bits per heavy atom. The second-order valence-corrected chi connectivity index (χ2v) is 4.03. The van der Waals surface area contributed by atoms with Gasteiger partial charge in [-0.1, -0.05) is 12.1 Å². The van der Waals surface area contributed by atoms with Crippen LogP contribution in [-0.4, -0.2) is 11.9 Å². The molecule has 0 radical (unpaired) electrons. The fraction of sp³-hybridized carbons (Fsp3) is 0.385. The van der Waals surface area contributed by atoms with Gasteiger partial charge in [0.05, 0.1) is 0 Å². The van der Waals surface area contributed by atoms with Gasteiger partial charge in [-0.3, -0.25) is 9.59 Å². The zero-order chi connectivity index (χ0) is 12.3. The first-order valence-electron chi connectivity index (χ1n) is 5.63. The summed E-state index contributed by atoms with van der Waals surface area (Å²) >= 11 is 0. The van der Waals surface area contributed by atoms with E-state index in [2.05, 4.69) is 0 Å². The molecule has 4 nitrogen and oxygen atoms in total. The van der Waals surface area contributed by atoms with Crippen LogP contribution in [0.4, 0.5) is 0 Å². The molecule has 1 atom stereocenters. The Kier molecular flexibility index (Phi) is 3.42. The van der Waals surface area contributed by atoms with Crippen LogP contribution in [0.1, 0.15) is 37.9 Å². The predicted molar refractivity (Wildman–Crippen MR) is 60.4 cm³/mol. The van der Waals surface area contributed by atoms with Gasteiger partial charge >= 0.3 is 11.9 Å². The summed E-state index contributed by atoms with van der Waals surface area (Å²) in [6.45, 7) is 1.36. The lowest BCUT2D eigenvalue weighted by Gasteiger charge is -2.22. The molecule has 17 heavy (non-hydrogen) atoms. The Morgan fingerprint density at radius 1 is 1.35 bits per heavy atom. The van der Waals surface area contributed by atoms with E-state index in [1.807, 2.05) is 12.1 Å². The Balaban J connectivity index is 2.06. The molecule has 0 aromatic heterocycles. The maximum atomic E-state index is 11.2. The van der Waals surface area contributed by atoms with Gasteiger partial charge in [-0.15, -0.1) is 0 Å². The molecule has 0 bridgehead atoms. The highest BCUT2D eigenvalue weighted by Gasteiger charge is 2.21. The Bertz CT molecular complexity index is 422. The Hall–Kier alpha value is -1.84. The largest absolute Gasteiger partial charge is 0.457 e. The van der Waals surface area contributed by atoms with E-state index in [1.165, 1.54) is 6.92 Å². The molecule has 1 saturated heterocycles. The molecular weight excluding hydrogens is 220 g/mol. The summed E-state index contributed by atoms with van der Waals surface area (Å²) in [4.78, 5) is 21.9. The van der Waals surface area contributed by atoms with Crippen molar-refractivity contribution >= 4 is 11.9 Å². The van der Waals surface area contributed by atoms with Crippen molar-refractivity contribution in [2.45, 2.75) is 32.3 Å². The molecular formula is C13H14O4. The summed E-state index contributed by atoms with van der Waals surface area (Å²) in [5, 5.41) is 0. The van der Waals surface area contributed by atoms with Gasteiger partial charge in [0.15, 0.2) is 0 Å². The SMILES string of the molecule is CC(=O)Oc1ccc([C@H]2CCCC(=O)O2)cc1. The second-order valence-electron chi connectivity index (χ2n) is 4.03. The highest BCUT2D eigenvalue weighted by molar-refractivity contribution is 5.70. The van der Waals surface area contributed by atoms with Crippen LogP contribution in [0.2, 0.25) is 0 Å². The molecule has 0 N–H and O–H groups in total. The van der Waals surface area contributed by atoms with E-state index in [4.69, 9.17) is 9.47 Å². The molecule has 1 aromatic rings. The second kappa shape index (κ2) is 4.99. The van der Waals surface area contributed by atoms with Crippen molar-refractivity contribution in [3.8, 4) is 5.75 Å². The highest BCUT2D eigenvalue weighted by Crippen LogP contribution is 2.29. The summed E-state index contributed by atoms with van der Waals surface area (Å²) in [7, 11) is 0. The van der Waals surface area contributed by atoms with Crippen molar-refractivity contribution in [1.82, 2.24) is 0 Å². The summed E-state index contributed by atoms with van der Waals surface area (Å²) in [5.41, 5.74) is 0.939.